The summed E-state index contributed by atoms with van der Waals surface area (Å²) >= 11 is 0. The molecule has 1 amide bonds. The van der Waals surface area contributed by atoms with Gasteiger partial charge in [0, 0.05) is 25.5 Å². The molecule has 1 aromatic carbocycles. The van der Waals surface area contributed by atoms with Gasteiger partial charge in [-0.2, -0.15) is 13.2 Å². The molecule has 1 aliphatic heterocycles. The molecule has 0 saturated carbocycles. The molecule has 0 spiro atoms. The minimum absolute atomic E-state index is 0.00323. The maximum atomic E-state index is 12.9. The van der Waals surface area contributed by atoms with Gasteiger partial charge in [-0.3, -0.25) is 4.79 Å². The van der Waals surface area contributed by atoms with E-state index in [0.29, 0.717) is 5.75 Å². The number of likely N-dealkylation sites (tertiary alicyclic amines) is 1. The Bertz CT molecular complexity index is 564. The number of carbonyl (C=O) groups excluding carboxylic acids is 1. The summed E-state index contributed by atoms with van der Waals surface area (Å²) in [4.78, 5) is 12.9. The molecule has 23 heavy (non-hydrogen) atoms. The minimum Gasteiger partial charge on any atom is -0.493 e. The van der Waals surface area contributed by atoms with Crippen LogP contribution in [0.1, 0.15) is 19.3 Å². The number of ether oxygens (including phenoxy) is 1. The molecule has 1 saturated heterocycles. The number of benzene rings is 1. The number of β-amino-alcohol motifs (C(OH)–C–C–N with tert-alkyl or cyclic N) is 1. The van der Waals surface area contributed by atoms with E-state index < -0.39 is 36.5 Å². The third kappa shape index (κ3) is 4.34. The van der Waals surface area contributed by atoms with Crippen molar-refractivity contribution in [2.75, 3.05) is 19.7 Å². The third-order valence-corrected chi connectivity index (χ3v) is 3.73. The van der Waals surface area contributed by atoms with Crippen LogP contribution in [-0.2, 0) is 4.79 Å². The van der Waals surface area contributed by atoms with Crippen molar-refractivity contribution < 1.29 is 32.2 Å². The van der Waals surface area contributed by atoms with E-state index in [1.165, 1.54) is 18.2 Å². The van der Waals surface area contributed by atoms with Gasteiger partial charge in [-0.1, -0.05) is 6.07 Å². The fraction of sp³-hybridized carbons (Fsp3) is 0.533. The van der Waals surface area contributed by atoms with E-state index in [0.717, 1.165) is 4.90 Å². The van der Waals surface area contributed by atoms with Crippen LogP contribution >= 0.6 is 0 Å². The van der Waals surface area contributed by atoms with Gasteiger partial charge < -0.3 is 14.7 Å². The zero-order chi connectivity index (χ0) is 17.1. The number of aliphatic hydroxyl groups is 1. The summed E-state index contributed by atoms with van der Waals surface area (Å²) in [5, 5.41) is 9.51. The van der Waals surface area contributed by atoms with Crippen LogP contribution in [0.25, 0.3) is 0 Å². The normalized spacial score (nSPS) is 21.5. The van der Waals surface area contributed by atoms with E-state index >= 15 is 0 Å². The van der Waals surface area contributed by atoms with Crippen molar-refractivity contribution in [3.63, 3.8) is 0 Å². The molecule has 1 fully saturated rings. The van der Waals surface area contributed by atoms with Gasteiger partial charge in [0.05, 0.1) is 13.2 Å². The average Bonchev–Trinajstić information content (AvgIpc) is 2.87. The van der Waals surface area contributed by atoms with Crippen LogP contribution in [0.3, 0.4) is 0 Å². The first-order valence-electron chi connectivity index (χ1n) is 7.16. The average molecular weight is 335 g/mol. The van der Waals surface area contributed by atoms with E-state index in [2.05, 4.69) is 0 Å². The number of hydrogen-bond donors (Lipinski definition) is 1. The summed E-state index contributed by atoms with van der Waals surface area (Å²) in [7, 11) is 0. The van der Waals surface area contributed by atoms with Crippen LogP contribution in [0.4, 0.5) is 17.6 Å². The summed E-state index contributed by atoms with van der Waals surface area (Å²) in [6.07, 6.45) is -4.97. The van der Waals surface area contributed by atoms with Gasteiger partial charge in [-0.05, 0) is 18.6 Å². The number of carbonyl (C=O) groups is 1. The van der Waals surface area contributed by atoms with E-state index in [-0.39, 0.29) is 26.0 Å². The quantitative estimate of drug-likeness (QED) is 0.664. The maximum absolute atomic E-state index is 12.9. The fourth-order valence-corrected chi connectivity index (χ4v) is 2.37. The summed E-state index contributed by atoms with van der Waals surface area (Å²) < 4.78 is 56.2. The van der Waals surface area contributed by atoms with Crippen LogP contribution in [0.5, 0.6) is 5.75 Å². The Morgan fingerprint density at radius 1 is 1.39 bits per heavy atom. The Labute approximate surface area is 130 Å². The zero-order valence-electron chi connectivity index (χ0n) is 12.3. The van der Waals surface area contributed by atoms with Crippen molar-refractivity contribution in [3.8, 4) is 5.75 Å². The zero-order valence-corrected chi connectivity index (χ0v) is 12.3. The molecule has 1 N–H and O–H groups in total. The smallest absolute Gasteiger partial charge is 0.419 e. The van der Waals surface area contributed by atoms with E-state index in [9.17, 15) is 27.5 Å². The SMILES string of the molecule is O=C(CCCOc1cccc(F)c1)N1CCC(O)(C(F)(F)F)C1. The molecular weight excluding hydrogens is 318 g/mol. The topological polar surface area (TPSA) is 49.8 Å². The summed E-state index contributed by atoms with van der Waals surface area (Å²) in [5.41, 5.74) is -2.82. The second-order valence-electron chi connectivity index (χ2n) is 5.50. The lowest BCUT2D eigenvalue weighted by molar-refractivity contribution is -0.253. The Morgan fingerprint density at radius 2 is 2.13 bits per heavy atom. The van der Waals surface area contributed by atoms with E-state index in [4.69, 9.17) is 4.74 Å². The highest BCUT2D eigenvalue weighted by Crippen LogP contribution is 2.37. The second kappa shape index (κ2) is 6.74. The number of halogens is 4. The van der Waals surface area contributed by atoms with Gasteiger partial charge in [0.2, 0.25) is 5.91 Å². The molecule has 8 heteroatoms. The summed E-state index contributed by atoms with van der Waals surface area (Å²) in [5.74, 6) is -0.583. The van der Waals surface area contributed by atoms with E-state index in [1.54, 1.807) is 6.07 Å². The van der Waals surface area contributed by atoms with Gasteiger partial charge in [0.1, 0.15) is 11.6 Å². The number of amides is 1. The molecule has 1 aromatic rings. The van der Waals surface area contributed by atoms with Crippen molar-refractivity contribution in [3.05, 3.63) is 30.1 Å². The molecule has 0 aliphatic carbocycles. The van der Waals surface area contributed by atoms with Crippen LogP contribution in [0.2, 0.25) is 0 Å². The Balaban J connectivity index is 1.74. The van der Waals surface area contributed by atoms with Crippen molar-refractivity contribution in [2.45, 2.75) is 31.0 Å². The van der Waals surface area contributed by atoms with Crippen LogP contribution in [0.15, 0.2) is 24.3 Å². The van der Waals surface area contributed by atoms with Gasteiger partial charge in [0.15, 0.2) is 5.60 Å². The number of alkyl halides is 3. The first-order valence-corrected chi connectivity index (χ1v) is 7.16. The third-order valence-electron chi connectivity index (χ3n) is 3.73. The van der Waals surface area contributed by atoms with Crippen LogP contribution in [-0.4, -0.2) is 47.4 Å². The highest BCUT2D eigenvalue weighted by atomic mass is 19.4. The lowest BCUT2D eigenvalue weighted by Gasteiger charge is -2.25. The van der Waals surface area contributed by atoms with Gasteiger partial charge in [-0.25, -0.2) is 4.39 Å². The first-order chi connectivity index (χ1) is 10.7. The molecule has 2 rings (SSSR count). The molecule has 128 valence electrons. The Hall–Kier alpha value is -1.83. The van der Waals surface area contributed by atoms with Gasteiger partial charge in [-0.15, -0.1) is 0 Å². The highest BCUT2D eigenvalue weighted by Gasteiger charge is 2.57. The molecule has 0 radical (unpaired) electrons. The maximum Gasteiger partial charge on any atom is 0.419 e. The molecule has 1 unspecified atom stereocenters. The van der Waals surface area contributed by atoms with Gasteiger partial charge in [0.25, 0.3) is 0 Å². The standard InChI is InChI=1S/C15H17F4NO3/c16-11-3-1-4-12(9-11)23-8-2-5-13(21)20-7-6-14(22,10-20)15(17,18)19/h1,3-4,9,22H,2,5-8,10H2. The van der Waals surface area contributed by atoms with Crippen molar-refractivity contribution >= 4 is 5.91 Å². The highest BCUT2D eigenvalue weighted by molar-refractivity contribution is 5.76. The molecule has 1 aliphatic rings. The van der Waals surface area contributed by atoms with Crippen molar-refractivity contribution in [2.24, 2.45) is 0 Å². The Morgan fingerprint density at radius 3 is 2.74 bits per heavy atom. The van der Waals surface area contributed by atoms with E-state index in [1.807, 2.05) is 0 Å². The monoisotopic (exact) mass is 335 g/mol. The van der Waals surface area contributed by atoms with Crippen molar-refractivity contribution in [1.29, 1.82) is 0 Å². The van der Waals surface area contributed by atoms with Gasteiger partial charge >= 0.3 is 6.18 Å². The molecule has 1 heterocycles. The molecule has 4 nitrogen and oxygen atoms in total. The molecule has 1 atom stereocenters. The predicted octanol–water partition coefficient (Wildman–Crippen LogP) is 2.51. The second-order valence-corrected chi connectivity index (χ2v) is 5.50. The summed E-state index contributed by atoms with van der Waals surface area (Å²) in [6.45, 7) is -0.716. The molecule has 0 bridgehead atoms. The number of rotatable bonds is 5. The number of nitrogens with zero attached hydrogens (tertiary/aromatic N) is 1. The number of hydrogen-bond acceptors (Lipinski definition) is 3. The Kier molecular flexibility index (Phi) is 5.13. The predicted molar refractivity (Wildman–Crippen MR) is 73.3 cm³/mol. The summed E-state index contributed by atoms with van der Waals surface area (Å²) in [6, 6.07) is 5.52. The molecule has 0 aromatic heterocycles. The van der Waals surface area contributed by atoms with Crippen molar-refractivity contribution in [1.82, 2.24) is 4.90 Å². The first kappa shape index (κ1) is 17.5. The lowest BCUT2D eigenvalue weighted by Crippen LogP contribution is -2.48. The minimum atomic E-state index is -4.75. The molecular formula is C15H17F4NO3. The van der Waals surface area contributed by atoms with Crippen LogP contribution in [0, 0.1) is 5.82 Å². The van der Waals surface area contributed by atoms with Crippen LogP contribution < -0.4 is 4.74 Å². The lowest BCUT2D eigenvalue weighted by atomic mass is 10.0. The fourth-order valence-electron chi connectivity index (χ4n) is 2.37. The largest absolute Gasteiger partial charge is 0.493 e.